The van der Waals surface area contributed by atoms with Crippen LogP contribution in [0.2, 0.25) is 0 Å². The topological polar surface area (TPSA) is 66.4 Å². The van der Waals surface area contributed by atoms with Crippen molar-refractivity contribution in [1.82, 2.24) is 0 Å². The van der Waals surface area contributed by atoms with Crippen molar-refractivity contribution < 1.29 is 14.7 Å². The molecule has 0 unspecified atom stereocenters. The summed E-state index contributed by atoms with van der Waals surface area (Å²) in [6.07, 6.45) is 0. The molecule has 2 N–H and O–H groups in total. The Morgan fingerprint density at radius 2 is 1.70 bits per heavy atom. The Bertz CT molecular complexity index is 715. The van der Waals surface area contributed by atoms with Crippen molar-refractivity contribution in [3.63, 3.8) is 0 Å². The van der Waals surface area contributed by atoms with Crippen LogP contribution >= 0.6 is 0 Å². The lowest BCUT2D eigenvalue weighted by Gasteiger charge is -2.17. The molecule has 0 aromatic heterocycles. The Balaban J connectivity index is 2.45. The average molecular weight is 311 g/mol. The van der Waals surface area contributed by atoms with Gasteiger partial charge in [-0.1, -0.05) is 36.4 Å². The van der Waals surface area contributed by atoms with Gasteiger partial charge in [-0.3, -0.25) is 9.59 Å². The van der Waals surface area contributed by atoms with Crippen LogP contribution in [0.4, 0.5) is 5.69 Å². The number of rotatable bonds is 6. The maximum Gasteiger partial charge on any atom is 0.195 e. The van der Waals surface area contributed by atoms with Crippen LogP contribution in [0.15, 0.2) is 48.5 Å². The van der Waals surface area contributed by atoms with E-state index < -0.39 is 5.60 Å². The number of ketones is 2. The molecular weight excluding hydrogens is 290 g/mol. The van der Waals surface area contributed by atoms with Crippen LogP contribution in [-0.2, 0) is 0 Å². The average Bonchev–Trinajstić information content (AvgIpc) is 2.54. The molecular formula is C19H21NO3. The highest BCUT2D eigenvalue weighted by atomic mass is 16.3. The number of nitrogens with one attached hydrogen (secondary N) is 1. The number of anilines is 1. The summed E-state index contributed by atoms with van der Waals surface area (Å²) in [6, 6.07) is 13.8. The van der Waals surface area contributed by atoms with Crippen molar-refractivity contribution >= 4 is 17.3 Å². The van der Waals surface area contributed by atoms with Crippen LogP contribution in [-0.4, -0.2) is 28.8 Å². The lowest BCUT2D eigenvalue weighted by molar-refractivity contribution is 0.0488. The van der Waals surface area contributed by atoms with Gasteiger partial charge in [-0.2, -0.15) is 0 Å². The third kappa shape index (κ3) is 3.85. The largest absolute Gasteiger partial charge is 0.385 e. The lowest BCUT2D eigenvalue weighted by Crippen LogP contribution is -2.31. The van der Waals surface area contributed by atoms with E-state index in [9.17, 15) is 14.7 Å². The number of carbonyl (C=O) groups is 2. The Kier molecular flexibility index (Phi) is 4.96. The van der Waals surface area contributed by atoms with Crippen LogP contribution < -0.4 is 5.32 Å². The quantitative estimate of drug-likeness (QED) is 0.803. The number of carbonyl (C=O) groups excluding carboxylic acids is 2. The highest BCUT2D eigenvalue weighted by molar-refractivity contribution is 6.13. The minimum Gasteiger partial charge on any atom is -0.385 e. The molecule has 2 aromatic rings. The number of hydrogen-bond donors (Lipinski definition) is 2. The first kappa shape index (κ1) is 16.9. The van der Waals surface area contributed by atoms with E-state index in [0.29, 0.717) is 28.9 Å². The zero-order valence-corrected chi connectivity index (χ0v) is 13.6. The van der Waals surface area contributed by atoms with Gasteiger partial charge in [-0.25, -0.2) is 0 Å². The van der Waals surface area contributed by atoms with E-state index in [-0.39, 0.29) is 11.6 Å². The summed E-state index contributed by atoms with van der Waals surface area (Å²) in [5.41, 5.74) is 0.613. The fourth-order valence-electron chi connectivity index (χ4n) is 2.32. The molecule has 0 aliphatic heterocycles. The highest BCUT2D eigenvalue weighted by Gasteiger charge is 2.26. The van der Waals surface area contributed by atoms with Crippen LogP contribution in [0.25, 0.3) is 0 Å². The van der Waals surface area contributed by atoms with Crippen LogP contribution in [0.1, 0.15) is 47.1 Å². The molecule has 120 valence electrons. The maximum absolute atomic E-state index is 12.6. The fraction of sp³-hybridized carbons (Fsp3) is 0.263. The van der Waals surface area contributed by atoms with E-state index >= 15 is 0 Å². The van der Waals surface area contributed by atoms with E-state index in [0.717, 1.165) is 0 Å². The minimum absolute atomic E-state index is 0.108. The highest BCUT2D eigenvalue weighted by Crippen LogP contribution is 2.23. The molecule has 0 aliphatic carbocycles. The molecule has 0 saturated heterocycles. The van der Waals surface area contributed by atoms with Gasteiger partial charge in [-0.05, 0) is 32.9 Å². The summed E-state index contributed by atoms with van der Waals surface area (Å²) in [5, 5.41) is 13.0. The Hall–Kier alpha value is -2.46. The molecule has 0 atom stereocenters. The first-order valence-corrected chi connectivity index (χ1v) is 7.59. The maximum atomic E-state index is 12.6. The van der Waals surface area contributed by atoms with Gasteiger partial charge in [0.05, 0.1) is 0 Å². The summed E-state index contributed by atoms with van der Waals surface area (Å²) in [6.45, 7) is 5.44. The van der Waals surface area contributed by atoms with E-state index in [1.807, 2.05) is 25.1 Å². The molecule has 0 radical (unpaired) electrons. The third-order valence-electron chi connectivity index (χ3n) is 3.49. The molecule has 0 spiro atoms. The third-order valence-corrected chi connectivity index (χ3v) is 3.49. The predicted molar refractivity (Wildman–Crippen MR) is 91.1 cm³/mol. The molecule has 0 bridgehead atoms. The predicted octanol–water partition coefficient (Wildman–Crippen LogP) is 3.30. The van der Waals surface area contributed by atoms with Gasteiger partial charge in [0, 0.05) is 28.9 Å². The van der Waals surface area contributed by atoms with Crippen LogP contribution in [0, 0.1) is 0 Å². The summed E-state index contributed by atoms with van der Waals surface area (Å²) in [7, 11) is 0. The van der Waals surface area contributed by atoms with Crippen molar-refractivity contribution in [2.24, 2.45) is 0 Å². The normalized spacial score (nSPS) is 11.1. The van der Waals surface area contributed by atoms with Gasteiger partial charge in [-0.15, -0.1) is 0 Å². The van der Waals surface area contributed by atoms with E-state index in [1.165, 1.54) is 13.8 Å². The Morgan fingerprint density at radius 3 is 2.26 bits per heavy atom. The Labute approximate surface area is 136 Å². The van der Waals surface area contributed by atoms with E-state index in [4.69, 9.17) is 0 Å². The summed E-state index contributed by atoms with van der Waals surface area (Å²) in [5.74, 6) is -0.487. The van der Waals surface area contributed by atoms with Crippen molar-refractivity contribution in [3.8, 4) is 0 Å². The first-order chi connectivity index (χ1) is 10.8. The number of benzene rings is 2. The second kappa shape index (κ2) is 6.75. The second-order valence-corrected chi connectivity index (χ2v) is 5.87. The van der Waals surface area contributed by atoms with Crippen LogP contribution in [0.3, 0.4) is 0 Å². The number of aliphatic hydroxyl groups is 1. The molecule has 2 aromatic carbocycles. The van der Waals surface area contributed by atoms with Gasteiger partial charge in [0.15, 0.2) is 11.6 Å². The van der Waals surface area contributed by atoms with Crippen molar-refractivity contribution in [2.45, 2.75) is 26.4 Å². The first-order valence-electron chi connectivity index (χ1n) is 7.59. The summed E-state index contributed by atoms with van der Waals surface area (Å²) in [4.78, 5) is 24.9. The molecule has 0 amide bonds. The number of hydrogen-bond acceptors (Lipinski definition) is 4. The van der Waals surface area contributed by atoms with Gasteiger partial charge in [0.1, 0.15) is 5.60 Å². The molecule has 0 fully saturated rings. The van der Waals surface area contributed by atoms with Gasteiger partial charge >= 0.3 is 0 Å². The SMILES string of the molecule is CCNc1cc(C(=O)C(C)(C)O)ccc1C(=O)c1ccccc1. The Morgan fingerprint density at radius 1 is 1.04 bits per heavy atom. The van der Waals surface area contributed by atoms with Gasteiger partial charge < -0.3 is 10.4 Å². The summed E-state index contributed by atoms with van der Waals surface area (Å²) >= 11 is 0. The fourth-order valence-corrected chi connectivity index (χ4v) is 2.32. The molecule has 0 heterocycles. The van der Waals surface area contributed by atoms with E-state index in [1.54, 1.807) is 30.3 Å². The molecule has 23 heavy (non-hydrogen) atoms. The minimum atomic E-state index is -1.45. The number of Topliss-reactive ketones (excluding diaryl/α,β-unsaturated/α-hetero) is 1. The zero-order valence-electron chi connectivity index (χ0n) is 13.6. The molecule has 4 heteroatoms. The monoisotopic (exact) mass is 311 g/mol. The van der Waals surface area contributed by atoms with Gasteiger partial charge in [0.25, 0.3) is 0 Å². The van der Waals surface area contributed by atoms with Crippen molar-refractivity contribution in [3.05, 3.63) is 65.2 Å². The molecule has 0 saturated carbocycles. The zero-order chi connectivity index (χ0) is 17.0. The second-order valence-electron chi connectivity index (χ2n) is 5.87. The van der Waals surface area contributed by atoms with E-state index in [2.05, 4.69) is 5.32 Å². The van der Waals surface area contributed by atoms with Crippen molar-refractivity contribution in [2.75, 3.05) is 11.9 Å². The molecule has 4 nitrogen and oxygen atoms in total. The van der Waals surface area contributed by atoms with Crippen molar-refractivity contribution in [1.29, 1.82) is 0 Å². The molecule has 0 aliphatic rings. The molecule has 2 rings (SSSR count). The smallest absolute Gasteiger partial charge is 0.195 e. The van der Waals surface area contributed by atoms with Crippen LogP contribution in [0.5, 0.6) is 0 Å². The lowest BCUT2D eigenvalue weighted by atomic mass is 9.93. The summed E-state index contributed by atoms with van der Waals surface area (Å²) < 4.78 is 0. The standard InChI is InChI=1S/C19H21NO3/c1-4-20-16-12-14(18(22)19(2,3)23)10-11-15(16)17(21)13-8-6-5-7-9-13/h5-12,20,23H,4H2,1-3H3. The van der Waals surface area contributed by atoms with Gasteiger partial charge in [0.2, 0.25) is 0 Å².